The van der Waals surface area contributed by atoms with Crippen LogP contribution in [-0.4, -0.2) is 97.7 Å². The van der Waals surface area contributed by atoms with Gasteiger partial charge in [-0.3, -0.25) is 9.80 Å². The Morgan fingerprint density at radius 3 is 0.385 bits per heavy atom. The number of hydrogen-bond acceptors (Lipinski definition) is 6. The number of carbonyl (C=O) groups is 2. The summed E-state index contributed by atoms with van der Waals surface area (Å²) >= 11 is 0. The van der Waals surface area contributed by atoms with Gasteiger partial charge < -0.3 is 19.8 Å². The second kappa shape index (κ2) is 84.3. The maximum absolute atomic E-state index is 11.8. The zero-order chi connectivity index (χ0) is 65.8. The number of aliphatic carboxylic acids is 2. The summed E-state index contributed by atoms with van der Waals surface area (Å²) in [6, 6.07) is -0.820. The van der Waals surface area contributed by atoms with Crippen LogP contribution in [-0.2, 0) is 9.59 Å². The van der Waals surface area contributed by atoms with Gasteiger partial charge in [0.1, 0.15) is 0 Å². The standard InChI is InChI=1S/2C42H85NO2.Ca/c2*1-4-7-9-11-13-15-17-19-21-23-25-27-29-31-33-35-37-39-43(41(6-3)42(44)45)40-38-36-34-32-30-28-26-24-22-20-18-16-14-12-10-8-5-2;/h2*41H,4-40H2,1-3H3,(H,44,45);/q;;+2/p-2. The van der Waals surface area contributed by atoms with E-state index in [1.807, 2.05) is 13.8 Å². The zero-order valence-corrected chi connectivity index (χ0v) is 65.9. The van der Waals surface area contributed by atoms with Gasteiger partial charge in [-0.2, -0.15) is 0 Å². The van der Waals surface area contributed by atoms with Gasteiger partial charge in [0.15, 0.2) is 0 Å². The van der Waals surface area contributed by atoms with Crippen molar-refractivity contribution in [3.8, 4) is 0 Å². The Morgan fingerprint density at radius 1 is 0.198 bits per heavy atom. The Hall–Kier alpha value is 0.120. The van der Waals surface area contributed by atoms with E-state index in [9.17, 15) is 19.8 Å². The monoisotopic (exact) mass is 1310 g/mol. The molecule has 0 aliphatic heterocycles. The van der Waals surface area contributed by atoms with E-state index in [0.29, 0.717) is 12.8 Å². The van der Waals surface area contributed by atoms with E-state index in [-0.39, 0.29) is 37.7 Å². The molecule has 0 saturated carbocycles. The molecule has 0 saturated heterocycles. The summed E-state index contributed by atoms with van der Waals surface area (Å²) in [5, 5.41) is 23.6. The number of carbonyl (C=O) groups excluding carboxylic acids is 2. The topological polar surface area (TPSA) is 86.7 Å². The predicted octanol–water partition coefficient (Wildman–Crippen LogP) is 25.9. The molecule has 0 aromatic carbocycles. The molecule has 0 bridgehead atoms. The molecule has 0 fully saturated rings. The first-order valence-corrected chi connectivity index (χ1v) is 42.2. The van der Waals surface area contributed by atoms with Gasteiger partial charge in [-0.05, 0) is 64.7 Å². The molecule has 2 unspecified atom stereocenters. The molecular formula is C84H168CaN2O4. The molecule has 6 nitrogen and oxygen atoms in total. The van der Waals surface area contributed by atoms with Crippen LogP contribution in [0.2, 0.25) is 0 Å². The van der Waals surface area contributed by atoms with Crippen LogP contribution in [0, 0.1) is 0 Å². The zero-order valence-electron chi connectivity index (χ0n) is 63.7. The van der Waals surface area contributed by atoms with Crippen molar-refractivity contribution in [3.05, 3.63) is 0 Å². The van der Waals surface area contributed by atoms with Crippen molar-refractivity contribution in [2.24, 2.45) is 0 Å². The minimum absolute atomic E-state index is 0. The third-order valence-electron chi connectivity index (χ3n) is 20.4. The second-order valence-electron chi connectivity index (χ2n) is 29.2. The molecule has 0 spiro atoms. The number of rotatable bonds is 78. The van der Waals surface area contributed by atoms with Crippen molar-refractivity contribution >= 4 is 49.7 Å². The van der Waals surface area contributed by atoms with E-state index in [1.165, 1.54) is 411 Å². The average molecular weight is 1310 g/mol. The smallest absolute Gasteiger partial charge is 0.548 e. The molecule has 0 aliphatic rings. The number of carboxylic acids is 2. The molecule has 91 heavy (non-hydrogen) atoms. The fraction of sp³-hybridized carbons (Fsp3) is 0.976. The van der Waals surface area contributed by atoms with Gasteiger partial charge >= 0.3 is 37.7 Å². The Balaban J connectivity index is -0.00000168. The van der Waals surface area contributed by atoms with Crippen molar-refractivity contribution in [2.45, 2.75) is 503 Å². The normalized spacial score (nSPS) is 12.2. The summed E-state index contributed by atoms with van der Waals surface area (Å²) in [5.41, 5.74) is 0. The molecular weight excluding hydrogens is 1140 g/mol. The molecule has 0 radical (unpaired) electrons. The minimum Gasteiger partial charge on any atom is -0.548 e. The van der Waals surface area contributed by atoms with Gasteiger partial charge in [0.25, 0.3) is 0 Å². The van der Waals surface area contributed by atoms with E-state index in [1.54, 1.807) is 0 Å². The number of nitrogens with zero attached hydrogens (tertiary/aromatic N) is 2. The maximum atomic E-state index is 11.8. The first kappa shape index (κ1) is 95.3. The largest absolute Gasteiger partial charge is 2.00 e. The number of carboxylic acid groups (broad SMARTS) is 2. The summed E-state index contributed by atoms with van der Waals surface area (Å²) in [6.07, 6.45) is 95.1. The van der Waals surface area contributed by atoms with Gasteiger partial charge in [-0.1, -0.05) is 452 Å². The third kappa shape index (κ3) is 75.7. The summed E-state index contributed by atoms with van der Waals surface area (Å²) < 4.78 is 0. The van der Waals surface area contributed by atoms with E-state index >= 15 is 0 Å². The minimum atomic E-state index is -0.878. The van der Waals surface area contributed by atoms with Crippen LogP contribution in [0.4, 0.5) is 0 Å². The van der Waals surface area contributed by atoms with Crippen LogP contribution in [0.3, 0.4) is 0 Å². The van der Waals surface area contributed by atoms with Gasteiger partial charge in [0.2, 0.25) is 0 Å². The molecule has 0 amide bonds. The average Bonchev–Trinajstić information content (AvgIpc) is 3.32. The first-order valence-electron chi connectivity index (χ1n) is 42.2. The first-order chi connectivity index (χ1) is 44.3. The van der Waals surface area contributed by atoms with Crippen LogP contribution < -0.4 is 10.2 Å². The van der Waals surface area contributed by atoms with Crippen LogP contribution in [0.1, 0.15) is 491 Å². The van der Waals surface area contributed by atoms with E-state index < -0.39 is 24.0 Å². The SMILES string of the molecule is CCCCCCCCCCCCCCCCCCCN(CCCCCCCCCCCCCCCCCCC)C(CC)C(=O)[O-].CCCCCCCCCCCCCCCCCCCN(CCCCCCCCCCCCCCCCCCC)C(CC)C(=O)[O-].[Ca+2]. The quantitative estimate of drug-likeness (QED) is 0.0445. The van der Waals surface area contributed by atoms with Crippen molar-refractivity contribution in [1.29, 1.82) is 0 Å². The Morgan fingerprint density at radius 2 is 0.297 bits per heavy atom. The molecule has 0 aliphatic carbocycles. The fourth-order valence-corrected chi connectivity index (χ4v) is 14.2. The molecule has 0 aromatic rings. The van der Waals surface area contributed by atoms with Gasteiger partial charge in [-0.25, -0.2) is 0 Å². The Labute approximate surface area is 604 Å². The molecule has 7 heteroatoms. The second-order valence-corrected chi connectivity index (χ2v) is 29.2. The summed E-state index contributed by atoms with van der Waals surface area (Å²) in [6.45, 7) is 16.8. The molecule has 0 aromatic heterocycles. The molecule has 0 heterocycles. The third-order valence-corrected chi connectivity index (χ3v) is 20.4. The predicted molar refractivity (Wildman–Crippen MR) is 404 cm³/mol. The molecule has 2 atom stereocenters. The van der Waals surface area contributed by atoms with E-state index in [0.717, 1.165) is 51.9 Å². The molecule has 0 N–H and O–H groups in total. The van der Waals surface area contributed by atoms with E-state index in [2.05, 4.69) is 37.5 Å². The fourth-order valence-electron chi connectivity index (χ4n) is 14.2. The molecule has 540 valence electrons. The number of unbranched alkanes of at least 4 members (excludes halogenated alkanes) is 64. The van der Waals surface area contributed by atoms with Crippen molar-refractivity contribution in [2.75, 3.05) is 26.2 Å². The van der Waals surface area contributed by atoms with Crippen molar-refractivity contribution < 1.29 is 19.8 Å². The van der Waals surface area contributed by atoms with Gasteiger partial charge in [0, 0.05) is 12.1 Å². The maximum Gasteiger partial charge on any atom is 2.00 e. The van der Waals surface area contributed by atoms with Gasteiger partial charge in [-0.15, -0.1) is 0 Å². The van der Waals surface area contributed by atoms with Crippen LogP contribution in [0.5, 0.6) is 0 Å². The summed E-state index contributed by atoms with van der Waals surface area (Å²) in [5.74, 6) is -1.76. The van der Waals surface area contributed by atoms with Crippen LogP contribution in [0.25, 0.3) is 0 Å². The van der Waals surface area contributed by atoms with Crippen molar-refractivity contribution in [3.63, 3.8) is 0 Å². The van der Waals surface area contributed by atoms with Crippen molar-refractivity contribution in [1.82, 2.24) is 9.80 Å². The van der Waals surface area contributed by atoms with E-state index in [4.69, 9.17) is 0 Å². The van der Waals surface area contributed by atoms with Gasteiger partial charge in [0.05, 0.1) is 11.9 Å². The molecule has 0 rings (SSSR count). The van der Waals surface area contributed by atoms with Crippen LogP contribution in [0.15, 0.2) is 0 Å². The summed E-state index contributed by atoms with van der Waals surface area (Å²) in [7, 11) is 0. The number of hydrogen-bond donors (Lipinski definition) is 0. The Bertz CT molecular complexity index is 1160. The van der Waals surface area contributed by atoms with Crippen LogP contribution >= 0.6 is 0 Å². The summed E-state index contributed by atoms with van der Waals surface area (Å²) in [4.78, 5) is 28.0. The Kier molecular flexibility index (Phi) is 88.3.